The maximum Gasteiger partial charge on any atom is 0.410 e. The van der Waals surface area contributed by atoms with Gasteiger partial charge in [0.15, 0.2) is 0 Å². The van der Waals surface area contributed by atoms with Crippen LogP contribution in [-0.2, 0) is 27.4 Å². The van der Waals surface area contributed by atoms with Gasteiger partial charge in [-0.25, -0.2) is 4.79 Å². The number of ether oxygens (including phenoxy) is 1. The number of hydrogen-bond donors (Lipinski definition) is 2. The predicted molar refractivity (Wildman–Crippen MR) is 107 cm³/mol. The topological polar surface area (TPSA) is 87.7 Å². The summed E-state index contributed by atoms with van der Waals surface area (Å²) in [6.07, 6.45) is 1.81. The Bertz CT molecular complexity index is 826. The summed E-state index contributed by atoms with van der Waals surface area (Å²) in [4.78, 5) is 38.5. The quantitative estimate of drug-likeness (QED) is 0.762. The lowest BCUT2D eigenvalue weighted by Crippen LogP contribution is -2.55. The van der Waals surface area contributed by atoms with Crippen molar-refractivity contribution >= 4 is 17.9 Å². The lowest BCUT2D eigenvalue weighted by Gasteiger charge is -2.33. The van der Waals surface area contributed by atoms with Crippen molar-refractivity contribution in [2.75, 3.05) is 6.54 Å². The van der Waals surface area contributed by atoms with Gasteiger partial charge in [0, 0.05) is 6.54 Å². The highest BCUT2D eigenvalue weighted by Crippen LogP contribution is 2.18. The normalized spacial score (nSPS) is 16.0. The molecule has 1 heterocycles. The first-order chi connectivity index (χ1) is 14.1. The second-order valence-electron chi connectivity index (χ2n) is 6.94. The Labute approximate surface area is 170 Å². The second kappa shape index (κ2) is 10.3. The fraction of sp³-hybridized carbons (Fsp3) is 0.318. The molecule has 29 heavy (non-hydrogen) atoms. The fourth-order valence-electron chi connectivity index (χ4n) is 3.26. The van der Waals surface area contributed by atoms with Crippen LogP contribution >= 0.6 is 0 Å². The van der Waals surface area contributed by atoms with Gasteiger partial charge in [0.25, 0.3) is 5.91 Å². The summed E-state index contributed by atoms with van der Waals surface area (Å²) in [6.45, 7) is 0.599. The van der Waals surface area contributed by atoms with Crippen LogP contribution in [0.3, 0.4) is 0 Å². The zero-order chi connectivity index (χ0) is 20.5. The largest absolute Gasteiger partial charge is 0.445 e. The first-order valence-corrected chi connectivity index (χ1v) is 9.73. The average molecular weight is 395 g/mol. The Balaban J connectivity index is 1.50. The van der Waals surface area contributed by atoms with E-state index in [1.807, 2.05) is 60.7 Å². The van der Waals surface area contributed by atoms with Gasteiger partial charge in [-0.2, -0.15) is 0 Å². The monoisotopic (exact) mass is 395 g/mol. The van der Waals surface area contributed by atoms with Gasteiger partial charge in [-0.1, -0.05) is 60.7 Å². The van der Waals surface area contributed by atoms with E-state index in [0.29, 0.717) is 13.0 Å². The molecule has 0 bridgehead atoms. The molecule has 0 unspecified atom stereocenters. The Morgan fingerprint density at radius 3 is 2.24 bits per heavy atom. The van der Waals surface area contributed by atoms with Crippen molar-refractivity contribution in [3.05, 3.63) is 71.8 Å². The molecule has 0 spiro atoms. The number of piperidine rings is 1. The van der Waals surface area contributed by atoms with Crippen molar-refractivity contribution in [1.82, 2.24) is 15.8 Å². The van der Waals surface area contributed by atoms with Gasteiger partial charge in [-0.3, -0.25) is 25.3 Å². The highest BCUT2D eigenvalue weighted by atomic mass is 16.6. The first kappa shape index (κ1) is 20.4. The summed E-state index contributed by atoms with van der Waals surface area (Å²) < 4.78 is 5.37. The van der Waals surface area contributed by atoms with E-state index in [-0.39, 0.29) is 18.9 Å². The van der Waals surface area contributed by atoms with Crippen molar-refractivity contribution in [3.63, 3.8) is 0 Å². The Hall–Kier alpha value is -3.35. The van der Waals surface area contributed by atoms with E-state index >= 15 is 0 Å². The van der Waals surface area contributed by atoms with Crippen LogP contribution in [0.15, 0.2) is 60.7 Å². The standard InChI is InChI=1S/C22H25N3O4/c26-20(15-17-9-3-1-4-10-17)23-24-21(27)19-13-7-8-14-25(19)22(28)29-16-18-11-5-2-6-12-18/h1-6,9-12,19H,7-8,13-16H2,(H,23,26)(H,24,27)/t19-/m0/s1. The van der Waals surface area contributed by atoms with Gasteiger partial charge in [-0.15, -0.1) is 0 Å². The molecule has 0 aromatic heterocycles. The molecule has 0 aliphatic carbocycles. The second-order valence-corrected chi connectivity index (χ2v) is 6.94. The number of nitrogens with zero attached hydrogens (tertiary/aromatic N) is 1. The third-order valence-electron chi connectivity index (χ3n) is 4.78. The minimum Gasteiger partial charge on any atom is -0.445 e. The van der Waals surface area contributed by atoms with Crippen LogP contribution in [0.25, 0.3) is 0 Å². The van der Waals surface area contributed by atoms with Gasteiger partial charge in [0.05, 0.1) is 6.42 Å². The van der Waals surface area contributed by atoms with Crippen molar-refractivity contribution in [3.8, 4) is 0 Å². The van der Waals surface area contributed by atoms with Gasteiger partial charge < -0.3 is 4.74 Å². The van der Waals surface area contributed by atoms with Crippen LogP contribution in [0.5, 0.6) is 0 Å². The van der Waals surface area contributed by atoms with E-state index < -0.39 is 18.0 Å². The molecule has 1 aliphatic heterocycles. The van der Waals surface area contributed by atoms with Crippen molar-refractivity contribution < 1.29 is 19.1 Å². The summed E-state index contributed by atoms with van der Waals surface area (Å²) in [5.74, 6) is -0.735. The molecule has 0 saturated carbocycles. The van der Waals surface area contributed by atoms with Crippen LogP contribution in [0.1, 0.15) is 30.4 Å². The van der Waals surface area contributed by atoms with E-state index in [0.717, 1.165) is 24.0 Å². The maximum absolute atomic E-state index is 12.6. The highest BCUT2D eigenvalue weighted by molar-refractivity contribution is 5.88. The predicted octanol–water partition coefficient (Wildman–Crippen LogP) is 2.57. The number of benzene rings is 2. The number of carbonyl (C=O) groups is 3. The number of hydrogen-bond acceptors (Lipinski definition) is 4. The molecule has 2 aromatic carbocycles. The number of amides is 3. The Morgan fingerprint density at radius 2 is 1.55 bits per heavy atom. The number of likely N-dealkylation sites (tertiary alicyclic amines) is 1. The van der Waals surface area contributed by atoms with Crippen molar-refractivity contribution in [2.24, 2.45) is 0 Å². The third kappa shape index (κ3) is 6.07. The molecule has 3 amide bonds. The Morgan fingerprint density at radius 1 is 0.897 bits per heavy atom. The molecular weight excluding hydrogens is 370 g/mol. The van der Waals surface area contributed by atoms with Gasteiger partial charge in [0.2, 0.25) is 5.91 Å². The van der Waals surface area contributed by atoms with Crippen LogP contribution < -0.4 is 10.9 Å². The summed E-state index contributed by atoms with van der Waals surface area (Å²) >= 11 is 0. The van der Waals surface area contributed by atoms with Crippen molar-refractivity contribution in [2.45, 2.75) is 38.3 Å². The molecule has 2 aromatic rings. The van der Waals surface area contributed by atoms with Gasteiger partial charge in [0.1, 0.15) is 12.6 Å². The van der Waals surface area contributed by atoms with E-state index in [9.17, 15) is 14.4 Å². The first-order valence-electron chi connectivity index (χ1n) is 9.73. The molecule has 152 valence electrons. The lowest BCUT2D eigenvalue weighted by atomic mass is 10.0. The SMILES string of the molecule is O=C(Cc1ccccc1)NNC(=O)[C@@H]1CCCCN1C(=O)OCc1ccccc1. The number of nitrogens with one attached hydrogen (secondary N) is 2. The molecule has 7 heteroatoms. The summed E-state index contributed by atoms with van der Waals surface area (Å²) in [5, 5.41) is 0. The molecule has 3 rings (SSSR count). The highest BCUT2D eigenvalue weighted by Gasteiger charge is 2.33. The van der Waals surface area contributed by atoms with Crippen LogP contribution in [0.2, 0.25) is 0 Å². The van der Waals surface area contributed by atoms with Gasteiger partial charge in [-0.05, 0) is 30.4 Å². The van der Waals surface area contributed by atoms with Crippen LogP contribution in [0, 0.1) is 0 Å². The molecule has 1 fully saturated rings. The molecule has 0 radical (unpaired) electrons. The smallest absolute Gasteiger partial charge is 0.410 e. The molecule has 1 atom stereocenters. The minimum absolute atomic E-state index is 0.151. The summed E-state index contributed by atoms with van der Waals surface area (Å²) in [7, 11) is 0. The third-order valence-corrected chi connectivity index (χ3v) is 4.78. The number of hydrazine groups is 1. The van der Waals surface area contributed by atoms with E-state index in [1.165, 1.54) is 4.90 Å². The fourth-order valence-corrected chi connectivity index (χ4v) is 3.26. The van der Waals surface area contributed by atoms with Crippen LogP contribution in [-0.4, -0.2) is 35.4 Å². The van der Waals surface area contributed by atoms with Crippen LogP contribution in [0.4, 0.5) is 4.79 Å². The zero-order valence-corrected chi connectivity index (χ0v) is 16.2. The maximum atomic E-state index is 12.6. The minimum atomic E-state index is -0.663. The Kier molecular flexibility index (Phi) is 7.22. The summed E-state index contributed by atoms with van der Waals surface area (Å²) in [6, 6.07) is 18.0. The molecule has 7 nitrogen and oxygen atoms in total. The lowest BCUT2D eigenvalue weighted by molar-refractivity contribution is -0.132. The zero-order valence-electron chi connectivity index (χ0n) is 16.2. The molecule has 1 aliphatic rings. The number of rotatable bonds is 5. The number of carbonyl (C=O) groups excluding carboxylic acids is 3. The molecular formula is C22H25N3O4. The molecule has 2 N–H and O–H groups in total. The van der Waals surface area contributed by atoms with E-state index in [2.05, 4.69) is 10.9 Å². The summed E-state index contributed by atoms with van der Waals surface area (Å²) in [5.41, 5.74) is 6.60. The van der Waals surface area contributed by atoms with Gasteiger partial charge >= 0.3 is 6.09 Å². The van der Waals surface area contributed by atoms with E-state index in [4.69, 9.17) is 4.74 Å². The molecule has 1 saturated heterocycles. The average Bonchev–Trinajstić information content (AvgIpc) is 2.77. The van der Waals surface area contributed by atoms with Crippen molar-refractivity contribution in [1.29, 1.82) is 0 Å². The van der Waals surface area contributed by atoms with E-state index in [1.54, 1.807) is 0 Å².